The summed E-state index contributed by atoms with van der Waals surface area (Å²) in [5.41, 5.74) is 5.45. The maximum absolute atomic E-state index is 13.2. The Labute approximate surface area is 193 Å². The Kier molecular flexibility index (Phi) is 5.94. The molecule has 7 nitrogen and oxygen atoms in total. The number of carbonyl (C=O) groups is 2. The van der Waals surface area contributed by atoms with Gasteiger partial charge in [-0.3, -0.25) is 9.59 Å². The fraction of sp³-hybridized carbons (Fsp3) is 0.385. The van der Waals surface area contributed by atoms with Crippen molar-refractivity contribution in [2.24, 2.45) is 0 Å². The highest BCUT2D eigenvalue weighted by molar-refractivity contribution is 5.92. The summed E-state index contributed by atoms with van der Waals surface area (Å²) in [5, 5.41) is 11.4. The van der Waals surface area contributed by atoms with Gasteiger partial charge in [0.2, 0.25) is 11.7 Å². The Bertz CT molecular complexity index is 1180. The van der Waals surface area contributed by atoms with Crippen LogP contribution in [0.4, 0.5) is 5.69 Å². The molecule has 0 atom stereocenters. The van der Waals surface area contributed by atoms with E-state index in [1.807, 2.05) is 21.6 Å². The van der Waals surface area contributed by atoms with Gasteiger partial charge in [0.05, 0.1) is 0 Å². The number of carbonyl (C=O) groups excluding carboxylic acids is 2. The monoisotopic (exact) mass is 443 g/mol. The van der Waals surface area contributed by atoms with Crippen LogP contribution in [0.3, 0.4) is 0 Å². The summed E-state index contributed by atoms with van der Waals surface area (Å²) in [7, 11) is 0. The first-order chi connectivity index (χ1) is 16.1. The van der Waals surface area contributed by atoms with Crippen LogP contribution in [0, 0.1) is 6.92 Å². The van der Waals surface area contributed by atoms with E-state index in [4.69, 9.17) is 0 Å². The number of anilines is 1. The van der Waals surface area contributed by atoms with Gasteiger partial charge in [0, 0.05) is 38.2 Å². The second-order valence-electron chi connectivity index (χ2n) is 9.04. The van der Waals surface area contributed by atoms with Crippen LogP contribution in [0.25, 0.3) is 0 Å². The Balaban J connectivity index is 1.23. The van der Waals surface area contributed by atoms with Crippen LogP contribution < -0.4 is 5.32 Å². The van der Waals surface area contributed by atoms with E-state index >= 15 is 0 Å². The lowest BCUT2D eigenvalue weighted by atomic mass is 9.98. The largest absolute Gasteiger partial charge is 0.331 e. The normalized spacial score (nSPS) is 15.0. The number of benzene rings is 2. The van der Waals surface area contributed by atoms with Crippen LogP contribution >= 0.6 is 0 Å². The van der Waals surface area contributed by atoms with E-state index in [1.54, 1.807) is 0 Å². The smallest absolute Gasteiger partial charge is 0.292 e. The highest BCUT2D eigenvalue weighted by Crippen LogP contribution is 2.25. The molecule has 0 radical (unpaired) electrons. The second-order valence-corrected chi connectivity index (χ2v) is 9.04. The van der Waals surface area contributed by atoms with Crippen molar-refractivity contribution >= 4 is 17.5 Å². The zero-order valence-electron chi connectivity index (χ0n) is 19.0. The molecular weight excluding hydrogens is 414 g/mol. The molecule has 0 fully saturated rings. The van der Waals surface area contributed by atoms with Gasteiger partial charge in [-0.1, -0.05) is 35.9 Å². The average molecular weight is 444 g/mol. The van der Waals surface area contributed by atoms with Gasteiger partial charge in [0.1, 0.15) is 5.82 Å². The molecule has 5 rings (SSSR count). The second kappa shape index (κ2) is 9.17. The summed E-state index contributed by atoms with van der Waals surface area (Å²) < 4.78 is 1.98. The molecule has 170 valence electrons. The Morgan fingerprint density at radius 2 is 1.82 bits per heavy atom. The van der Waals surface area contributed by atoms with Crippen LogP contribution in [0.5, 0.6) is 0 Å². The third-order valence-electron chi connectivity index (χ3n) is 6.60. The first kappa shape index (κ1) is 21.4. The highest BCUT2D eigenvalue weighted by Gasteiger charge is 2.28. The maximum atomic E-state index is 13.2. The number of nitrogens with one attached hydrogen (secondary N) is 1. The van der Waals surface area contributed by atoms with Gasteiger partial charge >= 0.3 is 0 Å². The number of aromatic nitrogens is 3. The average Bonchev–Trinajstić information content (AvgIpc) is 3.27. The highest BCUT2D eigenvalue weighted by atomic mass is 16.2. The van der Waals surface area contributed by atoms with Gasteiger partial charge in [-0.05, 0) is 61.4 Å². The quantitative estimate of drug-likeness (QED) is 0.652. The van der Waals surface area contributed by atoms with Crippen LogP contribution in [-0.4, -0.2) is 38.0 Å². The zero-order valence-corrected chi connectivity index (χ0v) is 19.0. The molecule has 0 aliphatic carbocycles. The molecule has 0 bridgehead atoms. The molecule has 2 aliphatic heterocycles. The molecule has 3 heterocycles. The predicted molar refractivity (Wildman–Crippen MR) is 126 cm³/mol. The van der Waals surface area contributed by atoms with Crippen molar-refractivity contribution in [2.75, 3.05) is 11.9 Å². The van der Waals surface area contributed by atoms with E-state index < -0.39 is 0 Å². The third-order valence-corrected chi connectivity index (χ3v) is 6.60. The van der Waals surface area contributed by atoms with Crippen molar-refractivity contribution in [3.05, 3.63) is 76.4 Å². The Morgan fingerprint density at radius 3 is 2.67 bits per heavy atom. The molecule has 2 amide bonds. The standard InChI is InChI=1S/C26H29N5O2/c1-18-5-7-19(8-6-18)9-12-24(32)27-22-11-10-20-13-15-30(17-21(20)16-22)26(33)25-29-28-23-4-2-3-14-31(23)25/h5-8,10-11,16H,2-4,9,12-15,17H2,1H3,(H,27,32). The first-order valence-electron chi connectivity index (χ1n) is 11.8. The van der Waals surface area contributed by atoms with Gasteiger partial charge in [0.25, 0.3) is 5.91 Å². The molecular formula is C26H29N5O2. The lowest BCUT2D eigenvalue weighted by Gasteiger charge is -2.29. The van der Waals surface area contributed by atoms with Crippen LogP contribution in [0.1, 0.15) is 58.0 Å². The summed E-state index contributed by atoms with van der Waals surface area (Å²) >= 11 is 0. The van der Waals surface area contributed by atoms with Crippen molar-refractivity contribution < 1.29 is 9.59 Å². The lowest BCUT2D eigenvalue weighted by molar-refractivity contribution is -0.116. The summed E-state index contributed by atoms with van der Waals surface area (Å²) in [4.78, 5) is 27.5. The summed E-state index contributed by atoms with van der Waals surface area (Å²) in [6, 6.07) is 14.3. The van der Waals surface area contributed by atoms with Crippen LogP contribution in [-0.2, 0) is 37.1 Å². The predicted octanol–water partition coefficient (Wildman–Crippen LogP) is 3.69. The number of hydrogen-bond acceptors (Lipinski definition) is 4. The molecule has 0 saturated carbocycles. The van der Waals surface area contributed by atoms with Gasteiger partial charge < -0.3 is 14.8 Å². The van der Waals surface area contributed by atoms with E-state index in [1.165, 1.54) is 11.1 Å². The topological polar surface area (TPSA) is 80.1 Å². The van der Waals surface area contributed by atoms with E-state index in [-0.39, 0.29) is 11.8 Å². The SMILES string of the molecule is Cc1ccc(CCC(=O)Nc2ccc3c(c2)CN(C(=O)c2nnc4n2CCCC4)CC3)cc1. The van der Waals surface area contributed by atoms with Crippen molar-refractivity contribution in [1.82, 2.24) is 19.7 Å². The van der Waals surface area contributed by atoms with Crippen LogP contribution in [0.2, 0.25) is 0 Å². The van der Waals surface area contributed by atoms with E-state index in [0.29, 0.717) is 31.8 Å². The lowest BCUT2D eigenvalue weighted by Crippen LogP contribution is -2.37. The molecule has 3 aromatic rings. The minimum Gasteiger partial charge on any atom is -0.331 e. The number of hydrogen-bond donors (Lipinski definition) is 1. The van der Waals surface area contributed by atoms with Crippen molar-refractivity contribution in [1.29, 1.82) is 0 Å². The molecule has 0 spiro atoms. The number of nitrogens with zero attached hydrogens (tertiary/aromatic N) is 4. The fourth-order valence-electron chi connectivity index (χ4n) is 4.65. The zero-order chi connectivity index (χ0) is 22.8. The molecule has 0 unspecified atom stereocenters. The summed E-state index contributed by atoms with van der Waals surface area (Å²) in [5.74, 6) is 1.30. The van der Waals surface area contributed by atoms with Crippen molar-refractivity contribution in [2.45, 2.75) is 58.5 Å². The number of rotatable bonds is 5. The number of aryl methyl sites for hydroxylation is 3. The maximum Gasteiger partial charge on any atom is 0.292 e. The molecule has 0 saturated heterocycles. The van der Waals surface area contributed by atoms with Crippen LogP contribution in [0.15, 0.2) is 42.5 Å². The molecule has 1 aromatic heterocycles. The molecule has 1 N–H and O–H groups in total. The summed E-state index contributed by atoms with van der Waals surface area (Å²) in [6.07, 6.45) is 4.98. The minimum absolute atomic E-state index is 0.00523. The van der Waals surface area contributed by atoms with Gasteiger partial charge in [-0.15, -0.1) is 10.2 Å². The molecule has 33 heavy (non-hydrogen) atoms. The van der Waals surface area contributed by atoms with Crippen molar-refractivity contribution in [3.63, 3.8) is 0 Å². The minimum atomic E-state index is -0.0613. The van der Waals surface area contributed by atoms with E-state index in [9.17, 15) is 9.59 Å². The van der Waals surface area contributed by atoms with E-state index in [2.05, 4.69) is 52.8 Å². The first-order valence-corrected chi connectivity index (χ1v) is 11.8. The van der Waals surface area contributed by atoms with E-state index in [0.717, 1.165) is 54.9 Å². The third kappa shape index (κ3) is 4.67. The molecule has 2 aliphatic rings. The molecule has 2 aromatic carbocycles. The fourth-order valence-corrected chi connectivity index (χ4v) is 4.65. The number of amides is 2. The number of fused-ring (bicyclic) bond motifs is 2. The Hall–Kier alpha value is -3.48. The summed E-state index contributed by atoms with van der Waals surface area (Å²) in [6.45, 7) is 4.05. The van der Waals surface area contributed by atoms with Gasteiger partial charge in [-0.2, -0.15) is 0 Å². The Morgan fingerprint density at radius 1 is 0.970 bits per heavy atom. The van der Waals surface area contributed by atoms with Gasteiger partial charge in [-0.25, -0.2) is 0 Å². The molecule has 7 heteroatoms. The van der Waals surface area contributed by atoms with Gasteiger partial charge in [0.15, 0.2) is 0 Å². The van der Waals surface area contributed by atoms with Crippen molar-refractivity contribution in [3.8, 4) is 0 Å².